The highest BCUT2D eigenvalue weighted by Crippen LogP contribution is 2.26. The van der Waals surface area contributed by atoms with Crippen LogP contribution >= 0.6 is 11.6 Å². The summed E-state index contributed by atoms with van der Waals surface area (Å²) in [5.41, 5.74) is 2.11. The molecule has 0 radical (unpaired) electrons. The molecule has 0 saturated carbocycles. The van der Waals surface area contributed by atoms with Crippen LogP contribution in [0.2, 0.25) is 5.02 Å². The molecule has 6 nitrogen and oxygen atoms in total. The number of para-hydroxylation sites is 2. The third-order valence-electron chi connectivity index (χ3n) is 5.04. The Morgan fingerprint density at radius 1 is 0.893 bits per heavy atom. The molecular weight excluding hydrogens is 376 g/mol. The Kier molecular flexibility index (Phi) is 5.30. The Labute approximate surface area is 169 Å². The van der Waals surface area contributed by atoms with Crippen molar-refractivity contribution in [1.82, 2.24) is 4.90 Å². The predicted molar refractivity (Wildman–Crippen MR) is 111 cm³/mol. The molecule has 2 aliphatic rings. The molecule has 7 heteroatoms. The summed E-state index contributed by atoms with van der Waals surface area (Å²) in [5, 5.41) is 6.44. The fourth-order valence-corrected chi connectivity index (χ4v) is 3.77. The van der Waals surface area contributed by atoms with Crippen LogP contribution < -0.4 is 9.91 Å². The largest absolute Gasteiger partial charge is 0.367 e. The summed E-state index contributed by atoms with van der Waals surface area (Å²) < 4.78 is 0. The molecule has 2 aliphatic heterocycles. The molecule has 0 spiro atoms. The molecule has 0 aliphatic carbocycles. The number of hydrogen-bond donors (Lipinski definition) is 0. The van der Waals surface area contributed by atoms with Crippen molar-refractivity contribution in [3.63, 3.8) is 0 Å². The van der Waals surface area contributed by atoms with Crippen LogP contribution in [0.4, 0.5) is 11.4 Å². The van der Waals surface area contributed by atoms with E-state index in [1.165, 1.54) is 5.01 Å². The van der Waals surface area contributed by atoms with Gasteiger partial charge < -0.3 is 9.80 Å². The lowest BCUT2D eigenvalue weighted by atomic mass is 10.1. The molecule has 2 heterocycles. The topological polar surface area (TPSA) is 56.2 Å². The van der Waals surface area contributed by atoms with E-state index in [-0.39, 0.29) is 11.8 Å². The van der Waals surface area contributed by atoms with Gasteiger partial charge in [0.15, 0.2) is 0 Å². The molecule has 28 heavy (non-hydrogen) atoms. The van der Waals surface area contributed by atoms with Gasteiger partial charge in [-0.05, 0) is 24.3 Å². The monoisotopic (exact) mass is 396 g/mol. The van der Waals surface area contributed by atoms with Crippen LogP contribution in [-0.4, -0.2) is 48.6 Å². The molecule has 2 aromatic rings. The second-order valence-electron chi connectivity index (χ2n) is 6.82. The fraction of sp³-hybridized carbons (Fsp3) is 0.286. The number of hydrazone groups is 1. The smallest absolute Gasteiger partial charge is 0.270 e. The maximum atomic E-state index is 13.0. The first kappa shape index (κ1) is 18.5. The number of piperazine rings is 1. The van der Waals surface area contributed by atoms with Crippen LogP contribution in [-0.2, 0) is 9.59 Å². The molecule has 0 N–H and O–H groups in total. The van der Waals surface area contributed by atoms with Gasteiger partial charge in [0.25, 0.3) is 5.91 Å². The van der Waals surface area contributed by atoms with Gasteiger partial charge in [0, 0.05) is 39.0 Å². The Morgan fingerprint density at radius 3 is 2.29 bits per heavy atom. The zero-order chi connectivity index (χ0) is 19.5. The Balaban J connectivity index is 1.45. The van der Waals surface area contributed by atoms with Gasteiger partial charge in [-0.15, -0.1) is 0 Å². The van der Waals surface area contributed by atoms with Gasteiger partial charge in [-0.3, -0.25) is 9.59 Å². The van der Waals surface area contributed by atoms with Crippen LogP contribution in [0.1, 0.15) is 12.8 Å². The van der Waals surface area contributed by atoms with E-state index in [0.29, 0.717) is 50.4 Å². The first-order chi connectivity index (χ1) is 13.6. The van der Waals surface area contributed by atoms with Crippen molar-refractivity contribution in [2.45, 2.75) is 12.8 Å². The summed E-state index contributed by atoms with van der Waals surface area (Å²) >= 11 is 6.29. The molecular formula is C21H21ClN4O2. The number of carbonyl (C=O) groups is 2. The van der Waals surface area contributed by atoms with E-state index in [9.17, 15) is 9.59 Å². The summed E-state index contributed by atoms with van der Waals surface area (Å²) in [6.07, 6.45) is 0.671. The second kappa shape index (κ2) is 8.02. The Morgan fingerprint density at radius 2 is 1.57 bits per heavy atom. The van der Waals surface area contributed by atoms with Gasteiger partial charge in [-0.25, -0.2) is 5.01 Å². The molecule has 2 amide bonds. The fourth-order valence-electron chi connectivity index (χ4n) is 3.52. The van der Waals surface area contributed by atoms with Gasteiger partial charge in [0.2, 0.25) is 5.91 Å². The molecule has 2 aromatic carbocycles. The minimum absolute atomic E-state index is 0.0905. The van der Waals surface area contributed by atoms with Gasteiger partial charge in [-0.2, -0.15) is 5.10 Å². The number of hydrogen-bond acceptors (Lipinski definition) is 4. The molecule has 0 unspecified atom stereocenters. The van der Waals surface area contributed by atoms with Crippen molar-refractivity contribution in [1.29, 1.82) is 0 Å². The predicted octanol–water partition coefficient (Wildman–Crippen LogP) is 3.17. The van der Waals surface area contributed by atoms with Crippen molar-refractivity contribution in [3.05, 3.63) is 59.6 Å². The van der Waals surface area contributed by atoms with Crippen LogP contribution in [0.25, 0.3) is 0 Å². The van der Waals surface area contributed by atoms with Crippen LogP contribution in [0, 0.1) is 0 Å². The number of carbonyl (C=O) groups excluding carboxylic acids is 2. The second-order valence-corrected chi connectivity index (χ2v) is 7.23. The Hall–Kier alpha value is -2.86. The van der Waals surface area contributed by atoms with Crippen molar-refractivity contribution in [3.8, 4) is 0 Å². The average molecular weight is 397 g/mol. The molecule has 144 valence electrons. The first-order valence-corrected chi connectivity index (χ1v) is 9.75. The first-order valence-electron chi connectivity index (χ1n) is 9.38. The highest BCUT2D eigenvalue weighted by atomic mass is 35.5. The van der Waals surface area contributed by atoms with Crippen LogP contribution in [0.3, 0.4) is 0 Å². The van der Waals surface area contributed by atoms with Crippen molar-refractivity contribution in [2.24, 2.45) is 5.10 Å². The number of rotatable bonds is 3. The number of nitrogens with zero attached hydrogens (tertiary/aromatic N) is 4. The average Bonchev–Trinajstić information content (AvgIpc) is 2.75. The normalized spacial score (nSPS) is 17.5. The van der Waals surface area contributed by atoms with Crippen LogP contribution in [0.5, 0.6) is 0 Å². The van der Waals surface area contributed by atoms with E-state index in [2.05, 4.69) is 10.0 Å². The van der Waals surface area contributed by atoms with Gasteiger partial charge >= 0.3 is 0 Å². The molecule has 0 atom stereocenters. The number of anilines is 2. The van der Waals surface area contributed by atoms with Gasteiger partial charge in [-0.1, -0.05) is 41.9 Å². The summed E-state index contributed by atoms with van der Waals surface area (Å²) in [7, 11) is 0. The highest BCUT2D eigenvalue weighted by Gasteiger charge is 2.30. The Bertz CT molecular complexity index is 908. The summed E-state index contributed by atoms with van der Waals surface area (Å²) in [5.74, 6) is -0.182. The minimum atomic E-state index is -0.0914. The summed E-state index contributed by atoms with van der Waals surface area (Å²) in [4.78, 5) is 29.2. The number of halogens is 1. The lowest BCUT2D eigenvalue weighted by molar-refractivity contribution is -0.124. The number of benzene rings is 2. The van der Waals surface area contributed by atoms with E-state index in [1.54, 1.807) is 0 Å². The van der Waals surface area contributed by atoms with Crippen molar-refractivity contribution >= 4 is 40.5 Å². The van der Waals surface area contributed by atoms with E-state index >= 15 is 0 Å². The lowest BCUT2D eigenvalue weighted by Crippen LogP contribution is -2.51. The van der Waals surface area contributed by atoms with E-state index < -0.39 is 0 Å². The summed E-state index contributed by atoms with van der Waals surface area (Å²) in [6, 6.07) is 17.0. The molecule has 0 bridgehead atoms. The maximum Gasteiger partial charge on any atom is 0.270 e. The third kappa shape index (κ3) is 3.73. The SMILES string of the molecule is O=C(C1=NN(c2ccccc2)C(=O)CC1)N1CCN(c2ccccc2Cl)CC1. The maximum absolute atomic E-state index is 13.0. The molecule has 4 rings (SSSR count). The zero-order valence-corrected chi connectivity index (χ0v) is 16.2. The van der Waals surface area contributed by atoms with Gasteiger partial charge in [0.1, 0.15) is 5.71 Å². The van der Waals surface area contributed by atoms with E-state index in [1.807, 2.05) is 59.5 Å². The summed E-state index contributed by atoms with van der Waals surface area (Å²) in [6.45, 7) is 2.62. The molecule has 0 aromatic heterocycles. The van der Waals surface area contributed by atoms with Gasteiger partial charge in [0.05, 0.1) is 16.4 Å². The zero-order valence-electron chi connectivity index (χ0n) is 15.4. The van der Waals surface area contributed by atoms with E-state index in [0.717, 1.165) is 10.7 Å². The quantitative estimate of drug-likeness (QED) is 0.800. The minimum Gasteiger partial charge on any atom is -0.367 e. The molecule has 1 saturated heterocycles. The standard InChI is InChI=1S/C21H21ClN4O2/c22-17-8-4-5-9-19(17)24-12-14-25(15-13-24)21(28)18-10-11-20(27)26(23-18)16-6-2-1-3-7-16/h1-9H,10-15H2. The van der Waals surface area contributed by atoms with Crippen molar-refractivity contribution in [2.75, 3.05) is 36.1 Å². The van der Waals surface area contributed by atoms with E-state index in [4.69, 9.17) is 11.6 Å². The highest BCUT2D eigenvalue weighted by molar-refractivity contribution is 6.40. The van der Waals surface area contributed by atoms with Crippen LogP contribution in [0.15, 0.2) is 59.7 Å². The number of amides is 2. The molecule has 1 fully saturated rings. The lowest BCUT2D eigenvalue weighted by Gasteiger charge is -2.37. The third-order valence-corrected chi connectivity index (χ3v) is 5.36. The van der Waals surface area contributed by atoms with Crippen molar-refractivity contribution < 1.29 is 9.59 Å².